The first-order chi connectivity index (χ1) is 8.17. The van der Waals surface area contributed by atoms with Crippen LogP contribution in [-0.4, -0.2) is 35.7 Å². The van der Waals surface area contributed by atoms with Gasteiger partial charge in [-0.25, -0.2) is 9.59 Å². The number of ether oxygens (including phenoxy) is 2. The molecule has 18 heavy (non-hydrogen) atoms. The highest BCUT2D eigenvalue weighted by molar-refractivity contribution is 5.84. The summed E-state index contributed by atoms with van der Waals surface area (Å²) >= 11 is 0. The van der Waals surface area contributed by atoms with Crippen molar-refractivity contribution in [2.45, 2.75) is 45.8 Å². The van der Waals surface area contributed by atoms with Crippen LogP contribution in [-0.2, 0) is 14.3 Å². The summed E-state index contributed by atoms with van der Waals surface area (Å²) in [6.45, 7) is 11.1. The Morgan fingerprint density at radius 3 is 2.39 bits per heavy atom. The van der Waals surface area contributed by atoms with Gasteiger partial charge in [0.2, 0.25) is 0 Å². The highest BCUT2D eigenvalue weighted by Gasteiger charge is 2.43. The van der Waals surface area contributed by atoms with Gasteiger partial charge in [0.1, 0.15) is 11.6 Å². The van der Waals surface area contributed by atoms with E-state index < -0.39 is 23.7 Å². The monoisotopic (exact) mass is 255 g/mol. The molecule has 1 aliphatic heterocycles. The van der Waals surface area contributed by atoms with E-state index in [4.69, 9.17) is 9.47 Å². The van der Waals surface area contributed by atoms with Crippen LogP contribution in [0.1, 0.15) is 34.1 Å². The Hall–Kier alpha value is -1.52. The molecule has 0 aromatic carbocycles. The average molecular weight is 255 g/mol. The molecule has 1 saturated heterocycles. The van der Waals surface area contributed by atoms with Gasteiger partial charge in [-0.3, -0.25) is 4.90 Å². The number of carbonyl (C=O) groups excluding carboxylic acids is 2. The molecule has 1 fully saturated rings. The second-order valence-corrected chi connectivity index (χ2v) is 5.52. The minimum Gasteiger partial charge on any atom is -0.467 e. The number of nitrogens with zero attached hydrogens (tertiary/aromatic N) is 1. The summed E-state index contributed by atoms with van der Waals surface area (Å²) in [4.78, 5) is 25.1. The molecule has 0 unspecified atom stereocenters. The first-order valence-corrected chi connectivity index (χ1v) is 5.96. The lowest BCUT2D eigenvalue weighted by molar-refractivity contribution is -0.145. The minimum absolute atomic E-state index is 0.0571. The van der Waals surface area contributed by atoms with Gasteiger partial charge in [0.05, 0.1) is 7.11 Å². The van der Waals surface area contributed by atoms with Gasteiger partial charge in [-0.2, -0.15) is 0 Å². The van der Waals surface area contributed by atoms with Crippen molar-refractivity contribution >= 4 is 12.1 Å². The molecule has 2 atom stereocenters. The number of rotatable bonds is 1. The van der Waals surface area contributed by atoms with Gasteiger partial charge in [-0.05, 0) is 33.1 Å². The zero-order valence-electron chi connectivity index (χ0n) is 11.6. The van der Waals surface area contributed by atoms with Crippen molar-refractivity contribution in [2.24, 2.45) is 5.92 Å². The highest BCUT2D eigenvalue weighted by Crippen LogP contribution is 2.33. The lowest BCUT2D eigenvalue weighted by atomic mass is 10.1. The Morgan fingerprint density at radius 2 is 1.94 bits per heavy atom. The summed E-state index contributed by atoms with van der Waals surface area (Å²) in [5.74, 6) is -0.382. The molecule has 0 aromatic rings. The van der Waals surface area contributed by atoms with Crippen molar-refractivity contribution in [1.82, 2.24) is 4.90 Å². The second-order valence-electron chi connectivity index (χ2n) is 5.52. The van der Waals surface area contributed by atoms with Crippen LogP contribution in [0.4, 0.5) is 4.79 Å². The third-order valence-corrected chi connectivity index (χ3v) is 2.83. The molecule has 1 rings (SSSR count). The summed E-state index contributed by atoms with van der Waals surface area (Å²) in [7, 11) is 1.31. The van der Waals surface area contributed by atoms with Gasteiger partial charge in [0.25, 0.3) is 0 Å². The Morgan fingerprint density at radius 1 is 1.39 bits per heavy atom. The molecule has 5 heteroatoms. The van der Waals surface area contributed by atoms with Crippen LogP contribution in [0.5, 0.6) is 0 Å². The molecule has 5 nitrogen and oxygen atoms in total. The summed E-state index contributed by atoms with van der Waals surface area (Å²) in [5.41, 5.74) is -0.0104. The summed E-state index contributed by atoms with van der Waals surface area (Å²) in [6, 6.07) is -0.632. The zero-order valence-corrected chi connectivity index (χ0v) is 11.6. The van der Waals surface area contributed by atoms with E-state index in [0.717, 1.165) is 0 Å². The van der Waals surface area contributed by atoms with Crippen LogP contribution in [0.15, 0.2) is 12.3 Å². The van der Waals surface area contributed by atoms with Crippen LogP contribution >= 0.6 is 0 Å². The lowest BCUT2D eigenvalue weighted by Gasteiger charge is -2.28. The molecule has 1 heterocycles. The molecule has 0 aromatic heterocycles. The fourth-order valence-electron chi connectivity index (χ4n) is 1.91. The molecular weight excluding hydrogens is 234 g/mol. The van der Waals surface area contributed by atoms with Crippen molar-refractivity contribution in [3.8, 4) is 0 Å². The van der Waals surface area contributed by atoms with E-state index in [1.54, 1.807) is 20.8 Å². The molecular formula is C13H21NO4. The van der Waals surface area contributed by atoms with Gasteiger partial charge in [-0.1, -0.05) is 13.5 Å². The van der Waals surface area contributed by atoms with Gasteiger partial charge in [-0.15, -0.1) is 0 Å². The van der Waals surface area contributed by atoms with Crippen LogP contribution in [0.3, 0.4) is 0 Å². The second kappa shape index (κ2) is 5.00. The van der Waals surface area contributed by atoms with E-state index in [0.29, 0.717) is 12.1 Å². The topological polar surface area (TPSA) is 55.8 Å². The number of carbonyl (C=O) groups is 2. The molecule has 0 spiro atoms. The summed E-state index contributed by atoms with van der Waals surface area (Å²) in [6.07, 6.45) is -0.0302. The van der Waals surface area contributed by atoms with Crippen LogP contribution in [0, 0.1) is 5.92 Å². The number of amides is 1. The Balaban J connectivity index is 2.91. The molecule has 0 radical (unpaired) electrons. The summed E-state index contributed by atoms with van der Waals surface area (Å²) < 4.78 is 10.00. The first-order valence-electron chi connectivity index (χ1n) is 5.96. The van der Waals surface area contributed by atoms with E-state index in [1.807, 2.05) is 6.92 Å². The van der Waals surface area contributed by atoms with E-state index in [-0.39, 0.29) is 5.92 Å². The average Bonchev–Trinajstić information content (AvgIpc) is 2.52. The zero-order chi connectivity index (χ0) is 14.1. The maximum absolute atomic E-state index is 12.1. The fourth-order valence-corrected chi connectivity index (χ4v) is 1.91. The van der Waals surface area contributed by atoms with E-state index in [2.05, 4.69) is 6.58 Å². The standard InChI is InChI=1S/C13H21NO4/c1-8-7-10(11(15)17-6)14(9(8)2)12(16)18-13(3,4)5/h8,10H,2,7H2,1,3-6H3/t8-,10-/m0/s1. The smallest absolute Gasteiger partial charge is 0.415 e. The Labute approximate surface area is 108 Å². The van der Waals surface area contributed by atoms with E-state index in [9.17, 15) is 9.59 Å². The molecule has 1 aliphatic rings. The van der Waals surface area contributed by atoms with Crippen LogP contribution < -0.4 is 0 Å². The molecule has 0 bridgehead atoms. The molecule has 1 amide bonds. The Kier molecular flexibility index (Phi) is 4.04. The molecule has 0 aliphatic carbocycles. The highest BCUT2D eigenvalue weighted by atomic mass is 16.6. The normalized spacial score (nSPS) is 24.1. The molecule has 0 N–H and O–H groups in total. The SMILES string of the molecule is C=C1[C@@H](C)C[C@@H](C(=O)OC)N1C(=O)OC(C)(C)C. The number of methoxy groups -OCH3 is 1. The maximum atomic E-state index is 12.1. The number of hydrogen-bond donors (Lipinski definition) is 0. The molecule has 102 valence electrons. The first kappa shape index (κ1) is 14.5. The largest absolute Gasteiger partial charge is 0.467 e. The van der Waals surface area contributed by atoms with Crippen molar-refractivity contribution in [3.05, 3.63) is 12.3 Å². The van der Waals surface area contributed by atoms with Crippen molar-refractivity contribution in [3.63, 3.8) is 0 Å². The van der Waals surface area contributed by atoms with Crippen molar-refractivity contribution in [1.29, 1.82) is 0 Å². The number of esters is 1. The third kappa shape index (κ3) is 3.03. The van der Waals surface area contributed by atoms with Crippen LogP contribution in [0.25, 0.3) is 0 Å². The quantitative estimate of drug-likeness (QED) is 0.675. The van der Waals surface area contributed by atoms with Gasteiger partial charge in [0, 0.05) is 5.70 Å². The third-order valence-electron chi connectivity index (χ3n) is 2.83. The number of allylic oxidation sites excluding steroid dienone is 1. The van der Waals surface area contributed by atoms with Gasteiger partial charge < -0.3 is 9.47 Å². The predicted octanol–water partition coefficient (Wildman–Crippen LogP) is 2.32. The summed E-state index contributed by atoms with van der Waals surface area (Å²) in [5, 5.41) is 0. The van der Waals surface area contributed by atoms with Crippen LogP contribution in [0.2, 0.25) is 0 Å². The minimum atomic E-state index is -0.632. The fraction of sp³-hybridized carbons (Fsp3) is 0.692. The van der Waals surface area contributed by atoms with Crippen molar-refractivity contribution < 1.29 is 19.1 Å². The van der Waals surface area contributed by atoms with Gasteiger partial charge in [0.15, 0.2) is 0 Å². The maximum Gasteiger partial charge on any atom is 0.415 e. The number of likely N-dealkylation sites (tertiary alicyclic amines) is 1. The number of hydrogen-bond acceptors (Lipinski definition) is 4. The predicted molar refractivity (Wildman–Crippen MR) is 66.8 cm³/mol. The van der Waals surface area contributed by atoms with Crippen molar-refractivity contribution in [2.75, 3.05) is 7.11 Å². The van der Waals surface area contributed by atoms with E-state index >= 15 is 0 Å². The lowest BCUT2D eigenvalue weighted by Crippen LogP contribution is -2.42. The van der Waals surface area contributed by atoms with E-state index in [1.165, 1.54) is 12.0 Å². The molecule has 0 saturated carbocycles. The van der Waals surface area contributed by atoms with Gasteiger partial charge >= 0.3 is 12.1 Å². The Bertz CT molecular complexity index is 370.